The van der Waals surface area contributed by atoms with Crippen LogP contribution in [0.3, 0.4) is 0 Å². The van der Waals surface area contributed by atoms with E-state index in [2.05, 4.69) is 0 Å². The molecule has 0 saturated carbocycles. The number of ether oxygens (including phenoxy) is 1. The standard InChI is InChI=1S/C8H16N2O4S/c1-6(2)15(12,13)10-3-4-14-5-7(10)8(9)11/h6-7H,3-5H2,1-2H3,(H2,9,11). The predicted molar refractivity (Wildman–Crippen MR) is 54.6 cm³/mol. The Bertz CT molecular complexity index is 339. The summed E-state index contributed by atoms with van der Waals surface area (Å²) in [5.41, 5.74) is 5.13. The quantitative estimate of drug-likeness (QED) is 0.674. The van der Waals surface area contributed by atoms with Crippen molar-refractivity contribution in [1.82, 2.24) is 4.31 Å². The first-order valence-electron chi connectivity index (χ1n) is 4.75. The van der Waals surface area contributed by atoms with Gasteiger partial charge < -0.3 is 10.5 Å². The van der Waals surface area contributed by atoms with Crippen molar-refractivity contribution in [2.45, 2.75) is 25.1 Å². The minimum absolute atomic E-state index is 0.0429. The van der Waals surface area contributed by atoms with Crippen LogP contribution in [0.1, 0.15) is 13.8 Å². The molecular formula is C8H16N2O4S. The lowest BCUT2D eigenvalue weighted by atomic mass is 10.3. The highest BCUT2D eigenvalue weighted by atomic mass is 32.2. The summed E-state index contributed by atoms with van der Waals surface area (Å²) in [7, 11) is -3.44. The van der Waals surface area contributed by atoms with Crippen molar-refractivity contribution in [3.05, 3.63) is 0 Å². The Hall–Kier alpha value is -0.660. The van der Waals surface area contributed by atoms with Gasteiger partial charge in [0.25, 0.3) is 0 Å². The molecule has 1 rings (SSSR count). The molecule has 0 radical (unpaired) electrons. The molecular weight excluding hydrogens is 220 g/mol. The second kappa shape index (κ2) is 4.46. The lowest BCUT2D eigenvalue weighted by Gasteiger charge is -2.33. The van der Waals surface area contributed by atoms with E-state index >= 15 is 0 Å². The van der Waals surface area contributed by atoms with Crippen molar-refractivity contribution in [1.29, 1.82) is 0 Å². The number of nitrogens with two attached hydrogens (primary N) is 1. The Morgan fingerprint density at radius 2 is 2.13 bits per heavy atom. The maximum atomic E-state index is 11.9. The molecule has 1 heterocycles. The molecule has 1 atom stereocenters. The second-order valence-electron chi connectivity index (χ2n) is 3.70. The Kier molecular flexibility index (Phi) is 3.69. The summed E-state index contributed by atoms with van der Waals surface area (Å²) in [6.07, 6.45) is 0. The minimum Gasteiger partial charge on any atom is -0.378 e. The maximum Gasteiger partial charge on any atom is 0.238 e. The zero-order chi connectivity index (χ0) is 11.6. The average molecular weight is 236 g/mol. The number of morpholine rings is 1. The van der Waals surface area contributed by atoms with Crippen molar-refractivity contribution in [3.8, 4) is 0 Å². The third kappa shape index (κ3) is 2.47. The highest BCUT2D eigenvalue weighted by Crippen LogP contribution is 2.16. The van der Waals surface area contributed by atoms with Gasteiger partial charge in [0.05, 0.1) is 18.5 Å². The zero-order valence-electron chi connectivity index (χ0n) is 8.84. The van der Waals surface area contributed by atoms with Crippen LogP contribution < -0.4 is 5.73 Å². The Balaban J connectivity index is 2.95. The van der Waals surface area contributed by atoms with E-state index in [0.717, 1.165) is 4.31 Å². The van der Waals surface area contributed by atoms with Crippen LogP contribution in [0.25, 0.3) is 0 Å². The Morgan fingerprint density at radius 3 is 2.60 bits per heavy atom. The molecule has 88 valence electrons. The molecule has 2 N–H and O–H groups in total. The van der Waals surface area contributed by atoms with Gasteiger partial charge in [-0.15, -0.1) is 0 Å². The van der Waals surface area contributed by atoms with Crippen LogP contribution in [-0.2, 0) is 19.6 Å². The van der Waals surface area contributed by atoms with Gasteiger partial charge in [-0.1, -0.05) is 0 Å². The number of carbonyl (C=O) groups excluding carboxylic acids is 1. The van der Waals surface area contributed by atoms with Crippen molar-refractivity contribution in [3.63, 3.8) is 0 Å². The summed E-state index contributed by atoms with van der Waals surface area (Å²) in [5, 5.41) is -0.558. The highest BCUT2D eigenvalue weighted by molar-refractivity contribution is 7.89. The fourth-order valence-electron chi connectivity index (χ4n) is 1.39. The van der Waals surface area contributed by atoms with Crippen molar-refractivity contribution < 1.29 is 17.9 Å². The summed E-state index contributed by atoms with van der Waals surface area (Å²) in [4.78, 5) is 11.1. The lowest BCUT2D eigenvalue weighted by Crippen LogP contribution is -2.56. The number of hydrogen-bond donors (Lipinski definition) is 1. The van der Waals surface area contributed by atoms with E-state index in [1.165, 1.54) is 0 Å². The van der Waals surface area contributed by atoms with Crippen LogP contribution in [0.4, 0.5) is 0 Å². The molecule has 1 saturated heterocycles. The third-order valence-corrected chi connectivity index (χ3v) is 4.61. The van der Waals surface area contributed by atoms with E-state index in [0.29, 0.717) is 6.61 Å². The lowest BCUT2D eigenvalue weighted by molar-refractivity contribution is -0.125. The molecule has 0 aromatic rings. The van der Waals surface area contributed by atoms with Gasteiger partial charge in [0, 0.05) is 6.54 Å². The van der Waals surface area contributed by atoms with Crippen LogP contribution in [-0.4, -0.2) is 49.7 Å². The molecule has 0 aliphatic carbocycles. The molecule has 6 nitrogen and oxygen atoms in total. The number of primary amides is 1. The highest BCUT2D eigenvalue weighted by Gasteiger charge is 2.37. The van der Waals surface area contributed by atoms with Crippen LogP contribution in [0.15, 0.2) is 0 Å². The fourth-order valence-corrected chi connectivity index (χ4v) is 2.78. The molecule has 0 bridgehead atoms. The molecule has 15 heavy (non-hydrogen) atoms. The van der Waals surface area contributed by atoms with Crippen molar-refractivity contribution >= 4 is 15.9 Å². The van der Waals surface area contributed by atoms with Gasteiger partial charge in [-0.3, -0.25) is 4.79 Å². The Labute approximate surface area is 89.4 Å². The number of hydrogen-bond acceptors (Lipinski definition) is 4. The molecule has 1 unspecified atom stereocenters. The van der Waals surface area contributed by atoms with E-state index in [1.807, 2.05) is 0 Å². The number of amides is 1. The van der Waals surface area contributed by atoms with Crippen LogP contribution in [0.2, 0.25) is 0 Å². The van der Waals surface area contributed by atoms with Gasteiger partial charge in [0.2, 0.25) is 15.9 Å². The summed E-state index contributed by atoms with van der Waals surface area (Å²) < 4.78 is 29.9. The first-order valence-corrected chi connectivity index (χ1v) is 6.25. The SMILES string of the molecule is CC(C)S(=O)(=O)N1CCOCC1C(N)=O. The van der Waals surface area contributed by atoms with E-state index < -0.39 is 27.2 Å². The second-order valence-corrected chi connectivity index (χ2v) is 6.14. The van der Waals surface area contributed by atoms with E-state index in [9.17, 15) is 13.2 Å². The summed E-state index contributed by atoms with van der Waals surface area (Å²) >= 11 is 0. The topological polar surface area (TPSA) is 89.7 Å². The molecule has 1 aliphatic heterocycles. The van der Waals surface area contributed by atoms with Crippen molar-refractivity contribution in [2.24, 2.45) is 5.73 Å². The zero-order valence-corrected chi connectivity index (χ0v) is 9.66. The fraction of sp³-hybridized carbons (Fsp3) is 0.875. The van der Waals surface area contributed by atoms with E-state index in [-0.39, 0.29) is 13.2 Å². The molecule has 0 aromatic heterocycles. The predicted octanol–water partition coefficient (Wildman–Crippen LogP) is -1.09. The van der Waals surface area contributed by atoms with Crippen LogP contribution in [0.5, 0.6) is 0 Å². The summed E-state index contributed by atoms with van der Waals surface area (Å²) in [6, 6.07) is -0.869. The van der Waals surface area contributed by atoms with Gasteiger partial charge in [0.15, 0.2) is 0 Å². The molecule has 0 spiro atoms. The first-order chi connectivity index (χ1) is 6.87. The number of rotatable bonds is 3. The van der Waals surface area contributed by atoms with Crippen LogP contribution >= 0.6 is 0 Å². The monoisotopic (exact) mass is 236 g/mol. The van der Waals surface area contributed by atoms with Gasteiger partial charge in [-0.25, -0.2) is 8.42 Å². The summed E-state index contributed by atoms with van der Waals surface area (Å²) in [5.74, 6) is -0.668. The number of sulfonamides is 1. The minimum atomic E-state index is -3.44. The smallest absolute Gasteiger partial charge is 0.238 e. The molecule has 1 amide bonds. The Morgan fingerprint density at radius 1 is 1.53 bits per heavy atom. The molecule has 1 aliphatic rings. The molecule has 1 fully saturated rings. The van der Waals surface area contributed by atoms with Gasteiger partial charge in [-0.2, -0.15) is 4.31 Å². The van der Waals surface area contributed by atoms with E-state index in [1.54, 1.807) is 13.8 Å². The van der Waals surface area contributed by atoms with Gasteiger partial charge in [-0.05, 0) is 13.8 Å². The largest absolute Gasteiger partial charge is 0.378 e. The normalized spacial score (nSPS) is 24.3. The molecule has 7 heteroatoms. The third-order valence-electron chi connectivity index (χ3n) is 2.33. The number of carbonyl (C=O) groups is 1. The van der Waals surface area contributed by atoms with Crippen molar-refractivity contribution in [2.75, 3.05) is 19.8 Å². The summed E-state index contributed by atoms with van der Waals surface area (Å²) in [6.45, 7) is 3.68. The van der Waals surface area contributed by atoms with Crippen LogP contribution in [0, 0.1) is 0 Å². The maximum absolute atomic E-state index is 11.9. The van der Waals surface area contributed by atoms with Gasteiger partial charge >= 0.3 is 0 Å². The average Bonchev–Trinajstić information content (AvgIpc) is 2.17. The molecule has 0 aromatic carbocycles. The van der Waals surface area contributed by atoms with Gasteiger partial charge in [0.1, 0.15) is 6.04 Å². The number of nitrogens with zero attached hydrogens (tertiary/aromatic N) is 1. The van der Waals surface area contributed by atoms with E-state index in [4.69, 9.17) is 10.5 Å². The first kappa shape index (κ1) is 12.4.